The quantitative estimate of drug-likeness (QED) is 0.698. The number of rotatable bonds is 5. The molecule has 0 bridgehead atoms. The largest absolute Gasteiger partial charge is 0.301 e. The number of hydrogen-bond donors (Lipinski definition) is 3. The Morgan fingerprint density at radius 3 is 2.26 bits per heavy atom. The molecule has 0 radical (unpaired) electrons. The number of hydrogen-bond acceptors (Lipinski definition) is 3. The minimum atomic E-state index is -0.295. The first kappa shape index (κ1) is 15.2. The van der Waals surface area contributed by atoms with Gasteiger partial charge < -0.3 is 5.32 Å². The van der Waals surface area contributed by atoms with E-state index in [0.717, 1.165) is 5.56 Å². The molecule has 0 aliphatic carbocycles. The highest BCUT2D eigenvalue weighted by atomic mass is 16.2. The maximum atomic E-state index is 11.5. The Hall–Kier alpha value is -1.88. The van der Waals surface area contributed by atoms with Crippen LogP contribution in [0.5, 0.6) is 0 Å². The Bertz CT molecular complexity index is 418. The van der Waals surface area contributed by atoms with E-state index in [4.69, 9.17) is 0 Å². The average Bonchev–Trinajstić information content (AvgIpc) is 2.37. The second-order valence-electron chi connectivity index (χ2n) is 4.74. The highest BCUT2D eigenvalue weighted by molar-refractivity contribution is 5.81. The number of carbonyl (C=O) groups is 2. The third kappa shape index (κ3) is 5.52. The highest BCUT2D eigenvalue weighted by Gasteiger charge is 2.16. The summed E-state index contributed by atoms with van der Waals surface area (Å²) in [6, 6.07) is 10.1. The number of hydrazine groups is 1. The summed E-state index contributed by atoms with van der Waals surface area (Å²) in [5.74, 6) is -0.204. The second kappa shape index (κ2) is 7.53. The predicted octanol–water partition coefficient (Wildman–Crippen LogP) is 1.14. The van der Waals surface area contributed by atoms with Gasteiger partial charge in [0.15, 0.2) is 0 Å². The molecule has 0 heterocycles. The average molecular weight is 263 g/mol. The summed E-state index contributed by atoms with van der Waals surface area (Å²) in [5, 5.41) is 3.20. The molecule has 0 saturated heterocycles. The van der Waals surface area contributed by atoms with E-state index < -0.39 is 0 Å². The Balaban J connectivity index is 2.52. The summed E-state index contributed by atoms with van der Waals surface area (Å²) in [6.45, 7) is 5.68. The molecule has 19 heavy (non-hydrogen) atoms. The van der Waals surface area contributed by atoms with Crippen molar-refractivity contribution in [3.05, 3.63) is 35.9 Å². The van der Waals surface area contributed by atoms with Gasteiger partial charge in [-0.2, -0.15) is 0 Å². The van der Waals surface area contributed by atoms with Crippen LogP contribution in [0.15, 0.2) is 30.3 Å². The number of amides is 2. The Morgan fingerprint density at radius 2 is 1.74 bits per heavy atom. The van der Waals surface area contributed by atoms with E-state index in [9.17, 15) is 9.59 Å². The van der Waals surface area contributed by atoms with Gasteiger partial charge in [-0.3, -0.25) is 20.4 Å². The summed E-state index contributed by atoms with van der Waals surface area (Å²) in [5.41, 5.74) is 5.73. The lowest BCUT2D eigenvalue weighted by Gasteiger charge is -2.22. The van der Waals surface area contributed by atoms with E-state index in [1.54, 1.807) is 0 Å². The van der Waals surface area contributed by atoms with Crippen LogP contribution in [0.1, 0.15) is 32.4 Å². The molecule has 104 valence electrons. The molecule has 3 N–H and O–H groups in total. The van der Waals surface area contributed by atoms with Gasteiger partial charge in [0.25, 0.3) is 5.91 Å². The maximum Gasteiger partial charge on any atom is 0.252 e. The molecular formula is C14H21N3O2. The van der Waals surface area contributed by atoms with Crippen molar-refractivity contribution in [2.75, 3.05) is 6.54 Å². The lowest BCUT2D eigenvalue weighted by Crippen LogP contribution is -2.45. The van der Waals surface area contributed by atoms with Crippen molar-refractivity contribution < 1.29 is 9.59 Å². The monoisotopic (exact) mass is 263 g/mol. The first-order valence-electron chi connectivity index (χ1n) is 6.34. The topological polar surface area (TPSA) is 70.2 Å². The van der Waals surface area contributed by atoms with Gasteiger partial charge in [0, 0.05) is 13.0 Å². The SMILES string of the molecule is CC(=O)NNC(=O)CN[C@H](c1ccccc1)C(C)C. The van der Waals surface area contributed by atoms with E-state index in [1.165, 1.54) is 6.92 Å². The summed E-state index contributed by atoms with van der Waals surface area (Å²) in [7, 11) is 0. The molecule has 0 aliphatic heterocycles. The first-order chi connectivity index (χ1) is 9.00. The Kier molecular flexibility index (Phi) is 6.02. The van der Waals surface area contributed by atoms with E-state index in [0.29, 0.717) is 5.92 Å². The van der Waals surface area contributed by atoms with Crippen LogP contribution in [0.2, 0.25) is 0 Å². The zero-order valence-electron chi connectivity index (χ0n) is 11.6. The standard InChI is InChI=1S/C14H21N3O2/c1-10(2)14(12-7-5-4-6-8-12)15-9-13(19)17-16-11(3)18/h4-8,10,14-15H,9H2,1-3H3,(H,16,18)(H,17,19)/t14-/m0/s1. The molecule has 0 aliphatic rings. The smallest absolute Gasteiger partial charge is 0.252 e. The minimum Gasteiger partial charge on any atom is -0.301 e. The molecule has 0 spiro atoms. The second-order valence-corrected chi connectivity index (χ2v) is 4.74. The molecule has 2 amide bonds. The van der Waals surface area contributed by atoms with Gasteiger partial charge in [0.1, 0.15) is 0 Å². The normalized spacial score (nSPS) is 12.0. The van der Waals surface area contributed by atoms with Gasteiger partial charge in [-0.25, -0.2) is 0 Å². The van der Waals surface area contributed by atoms with Crippen LogP contribution < -0.4 is 16.2 Å². The lowest BCUT2D eigenvalue weighted by atomic mass is 9.96. The highest BCUT2D eigenvalue weighted by Crippen LogP contribution is 2.20. The summed E-state index contributed by atoms with van der Waals surface area (Å²) in [6.07, 6.45) is 0. The van der Waals surface area contributed by atoms with Crippen molar-refractivity contribution in [2.45, 2.75) is 26.8 Å². The molecule has 0 saturated carbocycles. The predicted molar refractivity (Wildman–Crippen MR) is 74.0 cm³/mol. The number of nitrogens with one attached hydrogen (secondary N) is 3. The van der Waals surface area contributed by atoms with Gasteiger partial charge in [-0.1, -0.05) is 44.2 Å². The van der Waals surface area contributed by atoms with Gasteiger partial charge in [-0.15, -0.1) is 0 Å². The van der Waals surface area contributed by atoms with Crippen LogP contribution in [-0.2, 0) is 9.59 Å². The van der Waals surface area contributed by atoms with Gasteiger partial charge in [-0.05, 0) is 11.5 Å². The van der Waals surface area contributed by atoms with E-state index >= 15 is 0 Å². The van der Waals surface area contributed by atoms with Crippen molar-refractivity contribution >= 4 is 11.8 Å². The zero-order valence-corrected chi connectivity index (χ0v) is 11.6. The molecule has 1 aromatic rings. The van der Waals surface area contributed by atoms with Crippen LogP contribution in [0.3, 0.4) is 0 Å². The van der Waals surface area contributed by atoms with Crippen LogP contribution in [0.4, 0.5) is 0 Å². The summed E-state index contributed by atoms with van der Waals surface area (Å²) >= 11 is 0. The molecule has 5 nitrogen and oxygen atoms in total. The summed E-state index contributed by atoms with van der Waals surface area (Å²) in [4.78, 5) is 22.2. The van der Waals surface area contributed by atoms with Crippen LogP contribution in [-0.4, -0.2) is 18.4 Å². The first-order valence-corrected chi connectivity index (χ1v) is 6.34. The van der Waals surface area contributed by atoms with Crippen molar-refractivity contribution in [1.29, 1.82) is 0 Å². The molecule has 0 unspecified atom stereocenters. The van der Waals surface area contributed by atoms with Crippen LogP contribution in [0.25, 0.3) is 0 Å². The molecule has 0 fully saturated rings. The fourth-order valence-corrected chi connectivity index (χ4v) is 1.80. The van der Waals surface area contributed by atoms with E-state index in [1.807, 2.05) is 30.3 Å². The molecule has 1 rings (SSSR count). The van der Waals surface area contributed by atoms with Gasteiger partial charge >= 0.3 is 0 Å². The van der Waals surface area contributed by atoms with Crippen molar-refractivity contribution in [1.82, 2.24) is 16.2 Å². The third-order valence-electron chi connectivity index (χ3n) is 2.69. The molecule has 0 aromatic heterocycles. The van der Waals surface area contributed by atoms with Crippen molar-refractivity contribution in [2.24, 2.45) is 5.92 Å². The van der Waals surface area contributed by atoms with Crippen molar-refractivity contribution in [3.8, 4) is 0 Å². The number of benzene rings is 1. The number of carbonyl (C=O) groups excluding carboxylic acids is 2. The fourth-order valence-electron chi connectivity index (χ4n) is 1.80. The molecule has 1 atom stereocenters. The van der Waals surface area contributed by atoms with Gasteiger partial charge in [0.05, 0.1) is 6.54 Å². The van der Waals surface area contributed by atoms with E-state index in [2.05, 4.69) is 30.0 Å². The third-order valence-corrected chi connectivity index (χ3v) is 2.69. The van der Waals surface area contributed by atoms with Crippen LogP contribution in [0, 0.1) is 5.92 Å². The zero-order chi connectivity index (χ0) is 14.3. The Morgan fingerprint density at radius 1 is 1.11 bits per heavy atom. The molecule has 1 aromatic carbocycles. The van der Waals surface area contributed by atoms with Crippen molar-refractivity contribution in [3.63, 3.8) is 0 Å². The molecule has 5 heteroatoms. The van der Waals surface area contributed by atoms with E-state index in [-0.39, 0.29) is 24.4 Å². The van der Waals surface area contributed by atoms with Gasteiger partial charge in [0.2, 0.25) is 5.91 Å². The maximum absolute atomic E-state index is 11.5. The summed E-state index contributed by atoms with van der Waals surface area (Å²) < 4.78 is 0. The van der Waals surface area contributed by atoms with Crippen LogP contribution >= 0.6 is 0 Å². The fraction of sp³-hybridized carbons (Fsp3) is 0.429. The minimum absolute atomic E-state index is 0.101. The Labute approximate surface area is 113 Å². The lowest BCUT2D eigenvalue weighted by molar-refractivity contribution is -0.127. The molecular weight excluding hydrogens is 242 g/mol.